The third-order valence-corrected chi connectivity index (χ3v) is 9.34. The molecule has 1 saturated heterocycles. The monoisotopic (exact) mass is 601 g/mol. The van der Waals surface area contributed by atoms with E-state index in [9.17, 15) is 18.0 Å². The van der Waals surface area contributed by atoms with Gasteiger partial charge in [0, 0.05) is 29.3 Å². The number of fused-ring (bicyclic) bond motifs is 6. The van der Waals surface area contributed by atoms with Gasteiger partial charge >= 0.3 is 6.18 Å². The van der Waals surface area contributed by atoms with E-state index in [2.05, 4.69) is 40.6 Å². The van der Waals surface area contributed by atoms with Gasteiger partial charge in [-0.1, -0.05) is 18.6 Å². The lowest BCUT2D eigenvalue weighted by Gasteiger charge is -2.33. The molecule has 1 aromatic heterocycles. The van der Waals surface area contributed by atoms with Crippen LogP contribution in [0.4, 0.5) is 24.8 Å². The van der Waals surface area contributed by atoms with Crippen LogP contribution in [-0.2, 0) is 11.2 Å². The molecule has 1 aromatic carbocycles. The van der Waals surface area contributed by atoms with Crippen LogP contribution in [0.1, 0.15) is 74.7 Å². The van der Waals surface area contributed by atoms with Gasteiger partial charge in [0.15, 0.2) is 11.7 Å². The Morgan fingerprint density at radius 3 is 2.83 bits per heavy atom. The number of carbonyl (C=O) groups excluding carboxylic acids is 1. The molecular formula is C31H38F3N5O2S. The van der Waals surface area contributed by atoms with Crippen LogP contribution in [0.15, 0.2) is 58.2 Å². The highest BCUT2D eigenvalue weighted by atomic mass is 32.2. The highest BCUT2D eigenvalue weighted by Crippen LogP contribution is 2.59. The van der Waals surface area contributed by atoms with Crippen LogP contribution in [0.3, 0.4) is 0 Å². The van der Waals surface area contributed by atoms with Crippen molar-refractivity contribution < 1.29 is 22.7 Å². The molecule has 3 N–H and O–H groups in total. The Kier molecular flexibility index (Phi) is 8.78. The van der Waals surface area contributed by atoms with E-state index in [0.29, 0.717) is 23.1 Å². The van der Waals surface area contributed by atoms with Crippen molar-refractivity contribution in [1.82, 2.24) is 9.71 Å². The number of benzene rings is 1. The highest BCUT2D eigenvalue weighted by Gasteiger charge is 2.62. The third-order valence-electron chi connectivity index (χ3n) is 8.56. The number of hydrogen-bond acceptors (Lipinski definition) is 7. The smallest absolute Gasteiger partial charge is 0.394 e. The molecule has 2 fully saturated rings. The quantitative estimate of drug-likeness (QED) is 0.208. The molecule has 3 aliphatic rings. The first-order valence-electron chi connectivity index (χ1n) is 14.5. The van der Waals surface area contributed by atoms with Gasteiger partial charge in [0.1, 0.15) is 5.82 Å². The van der Waals surface area contributed by atoms with Crippen LogP contribution in [0, 0.1) is 11.3 Å². The second-order valence-corrected chi connectivity index (χ2v) is 13.1. The molecule has 0 spiro atoms. The van der Waals surface area contributed by atoms with Gasteiger partial charge in [-0.3, -0.25) is 9.52 Å². The topological polar surface area (TPSA) is 92.8 Å². The SMILES string of the molecule is CC1(C)CC2CCCCc3cccc(c3)SNC(=O)c3ccc(N=CC=C(N)OCCC4(C(F)(F)F)CC4)nc3N1C2. The van der Waals surface area contributed by atoms with Crippen molar-refractivity contribution in [3.05, 3.63) is 59.5 Å². The van der Waals surface area contributed by atoms with Crippen molar-refractivity contribution in [1.29, 1.82) is 0 Å². The first-order chi connectivity index (χ1) is 20.0. The van der Waals surface area contributed by atoms with Gasteiger partial charge in [0.05, 0.1) is 17.6 Å². The van der Waals surface area contributed by atoms with E-state index >= 15 is 0 Å². The average Bonchev–Trinajstić information content (AvgIpc) is 3.67. The predicted molar refractivity (Wildman–Crippen MR) is 160 cm³/mol. The number of rotatable bonds is 6. The number of pyridine rings is 1. The van der Waals surface area contributed by atoms with E-state index in [1.54, 1.807) is 12.1 Å². The normalized spacial score (nSPS) is 22.2. The van der Waals surface area contributed by atoms with Crippen LogP contribution >= 0.6 is 11.9 Å². The summed E-state index contributed by atoms with van der Waals surface area (Å²) >= 11 is 1.29. The number of aliphatic imine (C=N–C) groups is 1. The zero-order chi connectivity index (χ0) is 30.0. The van der Waals surface area contributed by atoms with Gasteiger partial charge in [0.25, 0.3) is 5.91 Å². The Morgan fingerprint density at radius 1 is 1.26 bits per heavy atom. The Hall–Kier alpha value is -3.21. The lowest BCUT2D eigenvalue weighted by Crippen LogP contribution is -2.40. The summed E-state index contributed by atoms with van der Waals surface area (Å²) in [6.07, 6.45) is 4.13. The number of halogens is 3. The fraction of sp³-hybridized carbons (Fsp3) is 0.516. The van der Waals surface area contributed by atoms with Crippen LogP contribution in [-0.4, -0.2) is 42.0 Å². The molecule has 7 nitrogen and oxygen atoms in total. The third kappa shape index (κ3) is 7.04. The summed E-state index contributed by atoms with van der Waals surface area (Å²) < 4.78 is 47.7. The summed E-state index contributed by atoms with van der Waals surface area (Å²) in [6.45, 7) is 5.05. The molecule has 0 radical (unpaired) electrons. The number of nitrogens with one attached hydrogen (secondary N) is 1. The largest absolute Gasteiger partial charge is 0.479 e. The van der Waals surface area contributed by atoms with Gasteiger partial charge in [-0.15, -0.1) is 0 Å². The second kappa shape index (κ2) is 12.2. The maximum absolute atomic E-state index is 13.4. The number of hydrogen-bond donors (Lipinski definition) is 2. The molecule has 1 atom stereocenters. The number of aryl methyl sites for hydroxylation is 1. The first kappa shape index (κ1) is 30.3. The van der Waals surface area contributed by atoms with Crippen molar-refractivity contribution in [3.8, 4) is 0 Å². The predicted octanol–water partition coefficient (Wildman–Crippen LogP) is 7.10. The van der Waals surface area contributed by atoms with E-state index in [-0.39, 0.29) is 43.2 Å². The lowest BCUT2D eigenvalue weighted by atomic mass is 9.92. The molecule has 2 aromatic rings. The minimum absolute atomic E-state index is 0.0186. The van der Waals surface area contributed by atoms with Crippen LogP contribution in [0.25, 0.3) is 0 Å². The minimum Gasteiger partial charge on any atom is -0.479 e. The van der Waals surface area contributed by atoms with E-state index < -0.39 is 11.6 Å². The number of amides is 1. The minimum atomic E-state index is -4.22. The number of alkyl halides is 3. The van der Waals surface area contributed by atoms with E-state index in [1.165, 1.54) is 29.8 Å². The number of ether oxygens (including phenoxy) is 1. The first-order valence-corrected chi connectivity index (χ1v) is 15.3. The van der Waals surface area contributed by atoms with Crippen molar-refractivity contribution >= 4 is 35.7 Å². The Labute approximate surface area is 249 Å². The molecule has 3 heterocycles. The van der Waals surface area contributed by atoms with Crippen LogP contribution in [0.2, 0.25) is 0 Å². The zero-order valence-corrected chi connectivity index (χ0v) is 24.9. The highest BCUT2D eigenvalue weighted by molar-refractivity contribution is 7.98. The second-order valence-electron chi connectivity index (χ2n) is 12.2. The Morgan fingerprint density at radius 2 is 2.07 bits per heavy atom. The number of carbonyl (C=O) groups is 1. The zero-order valence-electron chi connectivity index (χ0n) is 24.0. The van der Waals surface area contributed by atoms with Crippen molar-refractivity contribution in [2.24, 2.45) is 22.1 Å². The molecule has 1 saturated carbocycles. The summed E-state index contributed by atoms with van der Waals surface area (Å²) in [4.78, 5) is 25.8. The average molecular weight is 602 g/mol. The maximum atomic E-state index is 13.4. The molecule has 2 aliphatic heterocycles. The fourth-order valence-electron chi connectivity index (χ4n) is 5.96. The standard InChI is InChI=1S/C31H38F3N5O2S/c1-29(2)19-22-7-4-3-6-21-8-5-9-23(18-21)42-38-28(40)24-10-11-26(37-27(24)39(29)20-22)36-16-12-25(35)41-17-15-30(13-14-30)31(32,33)34/h5,8-12,16,18,22H,3-4,6-7,13-15,17,19-20,35H2,1-2H3,(H,38,40). The fourth-order valence-corrected chi connectivity index (χ4v) is 6.64. The lowest BCUT2D eigenvalue weighted by molar-refractivity contribution is -0.191. The Bertz CT molecular complexity index is 1360. The Balaban J connectivity index is 1.33. The molecule has 1 unspecified atom stereocenters. The van der Waals surface area contributed by atoms with Crippen LogP contribution in [0.5, 0.6) is 0 Å². The molecule has 11 heteroatoms. The molecule has 1 aliphatic carbocycles. The number of nitrogens with zero attached hydrogens (tertiary/aromatic N) is 3. The summed E-state index contributed by atoms with van der Waals surface area (Å²) in [6, 6.07) is 11.7. The molecule has 226 valence electrons. The van der Waals surface area contributed by atoms with Gasteiger partial charge in [-0.25, -0.2) is 9.98 Å². The van der Waals surface area contributed by atoms with Crippen molar-refractivity contribution in [3.63, 3.8) is 0 Å². The number of anilines is 1. The van der Waals surface area contributed by atoms with E-state index in [1.807, 2.05) is 12.1 Å². The van der Waals surface area contributed by atoms with Gasteiger partial charge in [-0.05, 0) is 106 Å². The molecule has 42 heavy (non-hydrogen) atoms. The molecule has 5 rings (SSSR count). The summed E-state index contributed by atoms with van der Waals surface area (Å²) in [5.41, 5.74) is 5.77. The van der Waals surface area contributed by atoms with Gasteiger partial charge in [-0.2, -0.15) is 13.2 Å². The summed E-state index contributed by atoms with van der Waals surface area (Å²) in [5.74, 6) is 1.20. The van der Waals surface area contributed by atoms with Crippen molar-refractivity contribution in [2.45, 2.75) is 81.8 Å². The number of nitrogens with two attached hydrogens (primary N) is 1. The summed E-state index contributed by atoms with van der Waals surface area (Å²) in [7, 11) is 0. The number of aromatic nitrogens is 1. The summed E-state index contributed by atoms with van der Waals surface area (Å²) in [5, 5.41) is 0. The van der Waals surface area contributed by atoms with E-state index in [4.69, 9.17) is 15.5 Å². The van der Waals surface area contributed by atoms with Gasteiger partial charge < -0.3 is 15.4 Å². The molecular weight excluding hydrogens is 563 g/mol. The van der Waals surface area contributed by atoms with Gasteiger partial charge in [0.2, 0.25) is 0 Å². The van der Waals surface area contributed by atoms with Crippen molar-refractivity contribution in [2.75, 3.05) is 18.1 Å². The van der Waals surface area contributed by atoms with Crippen LogP contribution < -0.4 is 15.4 Å². The number of allylic oxidation sites excluding steroid dienone is 1. The molecule has 4 bridgehead atoms. The maximum Gasteiger partial charge on any atom is 0.394 e. The molecule has 1 amide bonds. The van der Waals surface area contributed by atoms with E-state index in [0.717, 1.165) is 43.5 Å².